The summed E-state index contributed by atoms with van der Waals surface area (Å²) in [6.45, 7) is 2.47. The SMILES string of the molecule is CCC(CO)CCc1cccs1. The van der Waals surface area contributed by atoms with Crippen molar-refractivity contribution < 1.29 is 5.11 Å². The molecule has 0 aliphatic carbocycles. The lowest BCUT2D eigenvalue weighted by molar-refractivity contribution is 0.215. The van der Waals surface area contributed by atoms with Crippen molar-refractivity contribution in [1.29, 1.82) is 0 Å². The van der Waals surface area contributed by atoms with E-state index in [9.17, 15) is 0 Å². The first-order valence-electron chi connectivity index (χ1n) is 4.50. The molecular weight excluding hydrogens is 168 g/mol. The summed E-state index contributed by atoms with van der Waals surface area (Å²) in [5.74, 6) is 0.493. The van der Waals surface area contributed by atoms with Crippen molar-refractivity contribution in [2.45, 2.75) is 26.2 Å². The van der Waals surface area contributed by atoms with E-state index in [4.69, 9.17) is 5.11 Å². The summed E-state index contributed by atoms with van der Waals surface area (Å²) in [5.41, 5.74) is 0. The van der Waals surface area contributed by atoms with E-state index >= 15 is 0 Å². The van der Waals surface area contributed by atoms with Crippen LogP contribution < -0.4 is 0 Å². The van der Waals surface area contributed by atoms with Gasteiger partial charge in [0, 0.05) is 11.5 Å². The summed E-state index contributed by atoms with van der Waals surface area (Å²) in [4.78, 5) is 1.43. The minimum atomic E-state index is 0.335. The first-order valence-corrected chi connectivity index (χ1v) is 5.38. The minimum Gasteiger partial charge on any atom is -0.396 e. The van der Waals surface area contributed by atoms with Crippen molar-refractivity contribution in [3.05, 3.63) is 22.4 Å². The highest BCUT2D eigenvalue weighted by Crippen LogP contribution is 2.16. The molecule has 1 heterocycles. The van der Waals surface area contributed by atoms with Gasteiger partial charge in [0.25, 0.3) is 0 Å². The molecule has 1 nitrogen and oxygen atoms in total. The average Bonchev–Trinajstić information content (AvgIpc) is 2.59. The lowest BCUT2D eigenvalue weighted by atomic mass is 10.0. The van der Waals surface area contributed by atoms with Gasteiger partial charge < -0.3 is 5.11 Å². The van der Waals surface area contributed by atoms with E-state index in [2.05, 4.69) is 24.4 Å². The van der Waals surface area contributed by atoms with Crippen molar-refractivity contribution >= 4 is 11.3 Å². The van der Waals surface area contributed by atoms with Gasteiger partial charge in [-0.25, -0.2) is 0 Å². The first kappa shape index (κ1) is 9.75. The van der Waals surface area contributed by atoms with Gasteiger partial charge in [-0.1, -0.05) is 19.4 Å². The third-order valence-electron chi connectivity index (χ3n) is 2.21. The molecule has 1 aromatic heterocycles. The lowest BCUT2D eigenvalue weighted by Crippen LogP contribution is -2.05. The molecule has 1 atom stereocenters. The van der Waals surface area contributed by atoms with Gasteiger partial charge in [0.15, 0.2) is 0 Å². The van der Waals surface area contributed by atoms with Gasteiger partial charge in [0.05, 0.1) is 0 Å². The monoisotopic (exact) mass is 184 g/mol. The molecule has 12 heavy (non-hydrogen) atoms. The maximum atomic E-state index is 8.96. The second-order valence-corrected chi connectivity index (χ2v) is 4.11. The third-order valence-corrected chi connectivity index (χ3v) is 3.15. The van der Waals surface area contributed by atoms with Crippen LogP contribution in [0.3, 0.4) is 0 Å². The Hall–Kier alpha value is -0.340. The van der Waals surface area contributed by atoms with Gasteiger partial charge in [-0.05, 0) is 30.2 Å². The second-order valence-electron chi connectivity index (χ2n) is 3.07. The molecule has 0 aliphatic rings. The van der Waals surface area contributed by atoms with Crippen LogP contribution in [-0.2, 0) is 6.42 Å². The number of aliphatic hydroxyl groups excluding tert-OH is 1. The number of hydrogen-bond donors (Lipinski definition) is 1. The fourth-order valence-electron chi connectivity index (χ4n) is 1.23. The first-order chi connectivity index (χ1) is 5.86. The summed E-state index contributed by atoms with van der Waals surface area (Å²) in [6.07, 6.45) is 3.33. The maximum Gasteiger partial charge on any atom is 0.0459 e. The summed E-state index contributed by atoms with van der Waals surface area (Å²) < 4.78 is 0. The molecule has 2 heteroatoms. The Morgan fingerprint density at radius 2 is 2.42 bits per heavy atom. The number of hydrogen-bond acceptors (Lipinski definition) is 2. The maximum absolute atomic E-state index is 8.96. The van der Waals surface area contributed by atoms with Crippen LogP contribution >= 0.6 is 11.3 Å². The topological polar surface area (TPSA) is 20.2 Å². The molecule has 0 saturated heterocycles. The second kappa shape index (κ2) is 5.33. The molecule has 0 fully saturated rings. The number of rotatable bonds is 5. The number of aliphatic hydroxyl groups is 1. The molecule has 1 rings (SSSR count). The average molecular weight is 184 g/mol. The number of thiophene rings is 1. The highest BCUT2D eigenvalue weighted by atomic mass is 32.1. The van der Waals surface area contributed by atoms with Crippen LogP contribution in [0.15, 0.2) is 17.5 Å². The zero-order valence-corrected chi connectivity index (χ0v) is 8.31. The van der Waals surface area contributed by atoms with Crippen molar-refractivity contribution in [2.75, 3.05) is 6.61 Å². The smallest absolute Gasteiger partial charge is 0.0459 e. The standard InChI is InChI=1S/C10H16OS/c1-2-9(8-11)5-6-10-4-3-7-12-10/h3-4,7,9,11H,2,5-6,8H2,1H3. The van der Waals surface area contributed by atoms with Gasteiger partial charge in [-0.15, -0.1) is 11.3 Å². The largest absolute Gasteiger partial charge is 0.396 e. The van der Waals surface area contributed by atoms with E-state index in [-0.39, 0.29) is 0 Å². The van der Waals surface area contributed by atoms with Crippen molar-refractivity contribution in [3.63, 3.8) is 0 Å². The Balaban J connectivity index is 2.25. The van der Waals surface area contributed by atoms with Crippen LogP contribution in [0.2, 0.25) is 0 Å². The van der Waals surface area contributed by atoms with E-state index in [1.165, 1.54) is 4.88 Å². The molecule has 68 valence electrons. The molecular formula is C10H16OS. The molecule has 0 aromatic carbocycles. The highest BCUT2D eigenvalue weighted by molar-refractivity contribution is 7.09. The Labute approximate surface area is 78.1 Å². The molecule has 1 N–H and O–H groups in total. The summed E-state index contributed by atoms with van der Waals surface area (Å²) in [6, 6.07) is 4.24. The summed E-state index contributed by atoms with van der Waals surface area (Å²) >= 11 is 1.80. The van der Waals surface area contributed by atoms with Gasteiger partial charge in [-0.2, -0.15) is 0 Å². The summed E-state index contributed by atoms with van der Waals surface area (Å²) in [7, 11) is 0. The van der Waals surface area contributed by atoms with Gasteiger partial charge in [0.1, 0.15) is 0 Å². The molecule has 1 unspecified atom stereocenters. The van der Waals surface area contributed by atoms with Gasteiger partial charge >= 0.3 is 0 Å². The minimum absolute atomic E-state index is 0.335. The normalized spacial score (nSPS) is 13.2. The quantitative estimate of drug-likeness (QED) is 0.746. The van der Waals surface area contributed by atoms with Crippen molar-refractivity contribution in [2.24, 2.45) is 5.92 Å². The molecule has 0 amide bonds. The molecule has 0 aliphatic heterocycles. The van der Waals surface area contributed by atoms with Crippen LogP contribution in [0.1, 0.15) is 24.6 Å². The molecule has 0 saturated carbocycles. The highest BCUT2D eigenvalue weighted by Gasteiger charge is 2.04. The van der Waals surface area contributed by atoms with Crippen molar-refractivity contribution in [1.82, 2.24) is 0 Å². The Morgan fingerprint density at radius 3 is 2.92 bits per heavy atom. The Kier molecular flexibility index (Phi) is 4.33. The van der Waals surface area contributed by atoms with Crippen LogP contribution in [0, 0.1) is 5.92 Å². The van der Waals surface area contributed by atoms with Crippen LogP contribution in [-0.4, -0.2) is 11.7 Å². The van der Waals surface area contributed by atoms with Gasteiger partial charge in [-0.3, -0.25) is 0 Å². The van der Waals surface area contributed by atoms with E-state index in [0.717, 1.165) is 19.3 Å². The molecule has 1 aromatic rings. The molecule has 0 radical (unpaired) electrons. The third kappa shape index (κ3) is 2.95. The predicted octanol–water partition coefficient (Wildman–Crippen LogP) is 2.70. The van der Waals surface area contributed by atoms with Gasteiger partial charge in [0.2, 0.25) is 0 Å². The van der Waals surface area contributed by atoms with Crippen molar-refractivity contribution in [3.8, 4) is 0 Å². The van der Waals surface area contributed by atoms with E-state index in [0.29, 0.717) is 12.5 Å². The Bertz CT molecular complexity index is 190. The van der Waals surface area contributed by atoms with E-state index < -0.39 is 0 Å². The van der Waals surface area contributed by atoms with Crippen LogP contribution in [0.4, 0.5) is 0 Å². The van der Waals surface area contributed by atoms with E-state index in [1.54, 1.807) is 11.3 Å². The van der Waals surface area contributed by atoms with E-state index in [1.807, 2.05) is 0 Å². The lowest BCUT2D eigenvalue weighted by Gasteiger charge is -2.09. The van der Waals surface area contributed by atoms with Crippen LogP contribution in [0.25, 0.3) is 0 Å². The van der Waals surface area contributed by atoms with Crippen LogP contribution in [0.5, 0.6) is 0 Å². The zero-order valence-electron chi connectivity index (χ0n) is 7.49. The fourth-order valence-corrected chi connectivity index (χ4v) is 1.95. The fraction of sp³-hybridized carbons (Fsp3) is 0.600. The molecule has 0 bridgehead atoms. The zero-order chi connectivity index (χ0) is 8.81. The Morgan fingerprint density at radius 1 is 1.58 bits per heavy atom. The summed E-state index contributed by atoms with van der Waals surface area (Å²) in [5, 5.41) is 11.1. The molecule has 0 spiro atoms. The number of aryl methyl sites for hydroxylation is 1. The predicted molar refractivity (Wildman–Crippen MR) is 53.5 cm³/mol.